The van der Waals surface area contributed by atoms with Crippen LogP contribution in [0.4, 0.5) is 0 Å². The number of aliphatic hydroxyl groups is 1. The summed E-state index contributed by atoms with van der Waals surface area (Å²) >= 11 is 1.54. The number of nitrogens with one attached hydrogen (secondary N) is 1. The molecule has 0 spiro atoms. The topological polar surface area (TPSA) is 108 Å². The van der Waals surface area contributed by atoms with Crippen LogP contribution in [0.3, 0.4) is 0 Å². The summed E-state index contributed by atoms with van der Waals surface area (Å²) in [5.41, 5.74) is 4.94. The molecule has 2 aromatic rings. The number of thiazole rings is 1. The predicted molar refractivity (Wildman–Crippen MR) is 129 cm³/mol. The number of pyridine rings is 1. The fourth-order valence-corrected chi connectivity index (χ4v) is 5.53. The third-order valence-corrected chi connectivity index (χ3v) is 7.27. The fraction of sp³-hybridized carbons (Fsp3) is 0.429. The fourth-order valence-electron chi connectivity index (χ4n) is 4.69. The van der Waals surface area contributed by atoms with E-state index in [1.165, 1.54) is 16.2 Å². The smallest absolute Gasteiger partial charge is 0.358 e. The number of fused-ring (bicyclic) bond motifs is 1. The lowest BCUT2D eigenvalue weighted by Gasteiger charge is -2.46. The zero-order chi connectivity index (χ0) is 23.5. The van der Waals surface area contributed by atoms with Gasteiger partial charge in [0.15, 0.2) is 7.98 Å². The molecule has 0 aliphatic carbocycles. The van der Waals surface area contributed by atoms with Gasteiger partial charge in [-0.15, -0.1) is 11.3 Å². The third kappa shape index (κ3) is 4.88. The Morgan fingerprint density at radius 1 is 1.45 bits per heavy atom. The van der Waals surface area contributed by atoms with E-state index in [1.54, 1.807) is 26.6 Å². The second-order valence-corrected chi connectivity index (χ2v) is 9.98. The van der Waals surface area contributed by atoms with Crippen molar-refractivity contribution >= 4 is 40.2 Å². The minimum atomic E-state index is -0.779. The molecule has 2 aromatic heterocycles. The summed E-state index contributed by atoms with van der Waals surface area (Å²) in [4.78, 5) is 41.1. The lowest BCUT2D eigenvalue weighted by atomic mass is 9.77. The Kier molecular flexibility index (Phi) is 7.56. The molecule has 4 rings (SSSR count). The molecule has 9 nitrogen and oxygen atoms in total. The van der Waals surface area contributed by atoms with E-state index in [0.717, 1.165) is 16.8 Å². The van der Waals surface area contributed by atoms with E-state index in [0.29, 0.717) is 25.3 Å². The average molecular weight is 487 g/mol. The highest BCUT2D eigenvalue weighted by molar-refractivity contribution is 7.32. The molecule has 2 aliphatic rings. The maximum absolute atomic E-state index is 13.0. The maximum atomic E-state index is 13.0. The first-order valence-electron chi connectivity index (χ1n) is 10.8. The van der Waals surface area contributed by atoms with E-state index in [9.17, 15) is 14.7 Å². The Morgan fingerprint density at radius 3 is 2.91 bits per heavy atom. The first-order chi connectivity index (χ1) is 15.9. The molecular weight excluding hydrogens is 460 g/mol. The number of aliphatic hydroxyl groups excluding tert-OH is 1. The minimum Gasteiger partial charge on any atom is -0.428 e. The Hall–Kier alpha value is -2.17. The Morgan fingerprint density at radius 2 is 2.27 bits per heavy atom. The first-order valence-corrected chi connectivity index (χ1v) is 12.6. The van der Waals surface area contributed by atoms with E-state index in [4.69, 9.17) is 4.52 Å². The third-order valence-electron chi connectivity index (χ3n) is 6.15. The van der Waals surface area contributed by atoms with Crippen molar-refractivity contribution in [1.29, 1.82) is 0 Å². The quantitative estimate of drug-likeness (QED) is 0.289. The molecule has 0 saturated carbocycles. The molecule has 2 unspecified atom stereocenters. The van der Waals surface area contributed by atoms with Gasteiger partial charge in [-0.2, -0.15) is 0 Å². The summed E-state index contributed by atoms with van der Waals surface area (Å²) in [6.45, 7) is 5.31. The number of hydrogen-bond donors (Lipinski definition) is 2. The van der Waals surface area contributed by atoms with Crippen LogP contribution in [0.1, 0.15) is 25.1 Å². The van der Waals surface area contributed by atoms with Crippen LogP contribution in [0, 0.1) is 11.8 Å². The van der Waals surface area contributed by atoms with Crippen molar-refractivity contribution in [2.75, 3.05) is 6.54 Å². The highest BCUT2D eigenvalue weighted by atomic mass is 32.1. The maximum Gasteiger partial charge on any atom is 0.358 e. The van der Waals surface area contributed by atoms with Gasteiger partial charge in [-0.3, -0.25) is 14.7 Å². The van der Waals surface area contributed by atoms with Crippen molar-refractivity contribution in [2.45, 2.75) is 39.1 Å². The highest BCUT2D eigenvalue weighted by Gasteiger charge is 2.60. The van der Waals surface area contributed by atoms with Gasteiger partial charge in [-0.05, 0) is 24.1 Å². The van der Waals surface area contributed by atoms with Gasteiger partial charge in [0.1, 0.15) is 14.7 Å². The monoisotopic (exact) mass is 487 g/mol. The van der Waals surface area contributed by atoms with Crippen LogP contribution in [0.25, 0.3) is 0 Å². The molecule has 12 heteroatoms. The lowest BCUT2D eigenvalue weighted by Crippen LogP contribution is -2.63. The Balaban J connectivity index is 1.66. The number of aromatic nitrogens is 2. The number of amides is 1. The molecule has 1 amide bonds. The number of carbonyl (C=O) groups excluding carboxylic acids is 2. The van der Waals surface area contributed by atoms with E-state index < -0.39 is 18.0 Å². The molecule has 4 heterocycles. The standard InChI is InChI=1S/C21H27BN5O4PS/c1-12-16(9-26(8-15-10-33-11-24-15)7-14-4-3-5-23-6-14)19(21(30)31-32-25-22)27-18(12)17(13(2)28)20(27)29/h3-6,10-13,17-18,25,28,32H,7-9,22H2,1-2H3/t12-,13+,17+,18?/m0/s1. The van der Waals surface area contributed by atoms with Gasteiger partial charge >= 0.3 is 5.97 Å². The summed E-state index contributed by atoms with van der Waals surface area (Å²) in [7, 11) is 1.49. The summed E-state index contributed by atoms with van der Waals surface area (Å²) in [5, 5.41) is 12.2. The normalized spacial score (nSPS) is 23.3. The Labute approximate surface area is 199 Å². The number of nitrogens with zero attached hydrogens (tertiary/aromatic N) is 4. The van der Waals surface area contributed by atoms with Crippen LogP contribution >= 0.6 is 20.3 Å². The van der Waals surface area contributed by atoms with Crippen LogP contribution in [-0.4, -0.2) is 63.4 Å². The van der Waals surface area contributed by atoms with Crippen molar-refractivity contribution in [3.05, 3.63) is 57.9 Å². The number of β-lactam (4-membered cyclic amide) rings is 1. The first kappa shape index (κ1) is 24.0. The van der Waals surface area contributed by atoms with Gasteiger partial charge in [0.25, 0.3) is 0 Å². The molecular formula is C21H27BN5O4PS. The second kappa shape index (κ2) is 10.4. The van der Waals surface area contributed by atoms with Crippen molar-refractivity contribution in [2.24, 2.45) is 11.8 Å². The summed E-state index contributed by atoms with van der Waals surface area (Å²) in [6, 6.07) is 3.66. The van der Waals surface area contributed by atoms with Crippen molar-refractivity contribution < 1.29 is 19.2 Å². The van der Waals surface area contributed by atoms with Gasteiger partial charge in [0, 0.05) is 43.3 Å². The molecule has 0 aromatic carbocycles. The van der Waals surface area contributed by atoms with Gasteiger partial charge < -0.3 is 19.5 Å². The zero-order valence-corrected chi connectivity index (χ0v) is 20.6. The highest BCUT2D eigenvalue weighted by Crippen LogP contribution is 2.48. The summed E-state index contributed by atoms with van der Waals surface area (Å²) < 4.78 is 5.38. The summed E-state index contributed by atoms with van der Waals surface area (Å²) in [6.07, 6.45) is 2.78. The van der Waals surface area contributed by atoms with Crippen LogP contribution < -0.4 is 5.00 Å². The SMILES string of the molecule is BNPOC(=O)C1=C(CN(Cc2cccnc2)Cc2cscn2)[C@H](C)C2[C@@H]([C@@H](C)O)C(=O)N12. The van der Waals surface area contributed by atoms with Crippen LogP contribution in [-0.2, 0) is 27.2 Å². The number of rotatable bonds is 10. The van der Waals surface area contributed by atoms with Gasteiger partial charge in [0.05, 0.1) is 29.3 Å². The van der Waals surface area contributed by atoms with E-state index in [-0.39, 0.29) is 26.8 Å². The van der Waals surface area contributed by atoms with Gasteiger partial charge in [0.2, 0.25) is 5.91 Å². The Bertz CT molecular complexity index is 1020. The van der Waals surface area contributed by atoms with Gasteiger partial charge in [-0.1, -0.05) is 13.0 Å². The molecule has 5 atom stereocenters. The van der Waals surface area contributed by atoms with E-state index in [1.807, 2.05) is 30.6 Å². The van der Waals surface area contributed by atoms with E-state index >= 15 is 0 Å². The van der Waals surface area contributed by atoms with E-state index in [2.05, 4.69) is 19.9 Å². The zero-order valence-electron chi connectivity index (χ0n) is 18.8. The van der Waals surface area contributed by atoms with Crippen molar-refractivity contribution in [3.63, 3.8) is 0 Å². The van der Waals surface area contributed by atoms with Crippen molar-refractivity contribution in [1.82, 2.24) is 24.8 Å². The predicted octanol–water partition coefficient (Wildman–Crippen LogP) is 0.841. The van der Waals surface area contributed by atoms with Crippen LogP contribution in [0.2, 0.25) is 0 Å². The lowest BCUT2D eigenvalue weighted by molar-refractivity contribution is -0.162. The van der Waals surface area contributed by atoms with Crippen LogP contribution in [0.5, 0.6) is 0 Å². The molecule has 0 radical (unpaired) electrons. The summed E-state index contributed by atoms with van der Waals surface area (Å²) in [5.74, 6) is -1.35. The molecule has 174 valence electrons. The van der Waals surface area contributed by atoms with Crippen molar-refractivity contribution in [3.8, 4) is 0 Å². The number of carbonyl (C=O) groups is 2. The molecule has 2 N–H and O–H groups in total. The molecule has 0 bridgehead atoms. The van der Waals surface area contributed by atoms with Crippen LogP contribution in [0.15, 0.2) is 46.7 Å². The second-order valence-electron chi connectivity index (χ2n) is 8.36. The average Bonchev–Trinajstić information content (AvgIpc) is 3.38. The molecule has 1 fully saturated rings. The molecule has 1 saturated heterocycles. The molecule has 2 aliphatic heterocycles. The molecule has 33 heavy (non-hydrogen) atoms. The van der Waals surface area contributed by atoms with Gasteiger partial charge in [-0.25, -0.2) is 9.78 Å². The minimum absolute atomic E-state index is 0.0883. The largest absolute Gasteiger partial charge is 0.428 e. The number of hydrogen-bond acceptors (Lipinski definition) is 9.